The van der Waals surface area contributed by atoms with Crippen LogP contribution in [0.1, 0.15) is 34.1 Å². The predicted octanol–water partition coefficient (Wildman–Crippen LogP) is 1.43. The van der Waals surface area contributed by atoms with Crippen molar-refractivity contribution >= 4 is 18.3 Å². The van der Waals surface area contributed by atoms with E-state index in [1.165, 1.54) is 0 Å². The van der Waals surface area contributed by atoms with Gasteiger partial charge in [-0.2, -0.15) is 0 Å². The number of morpholine rings is 1. The topological polar surface area (TPSA) is 41.6 Å². The standard InChI is InChI=1S/C13H24N2O2.ClH/c1-10-7-15(9-12(2,3)17-10)11(16)13(4)5-6-14-8-13;/h10,14H,5-9H2,1-4H3;1H. The Morgan fingerprint density at radius 3 is 2.56 bits per heavy atom. The molecule has 0 radical (unpaired) electrons. The summed E-state index contributed by atoms with van der Waals surface area (Å²) in [5.74, 6) is 0.283. The van der Waals surface area contributed by atoms with Gasteiger partial charge in [0.2, 0.25) is 5.91 Å². The van der Waals surface area contributed by atoms with Crippen molar-refractivity contribution in [3.63, 3.8) is 0 Å². The molecule has 106 valence electrons. The van der Waals surface area contributed by atoms with E-state index >= 15 is 0 Å². The Labute approximate surface area is 116 Å². The lowest BCUT2D eigenvalue weighted by Crippen LogP contribution is -2.57. The third kappa shape index (κ3) is 3.16. The van der Waals surface area contributed by atoms with Crippen LogP contribution in [0.5, 0.6) is 0 Å². The normalized spacial score (nSPS) is 35.1. The number of halogens is 1. The fourth-order valence-corrected chi connectivity index (χ4v) is 2.99. The van der Waals surface area contributed by atoms with Crippen molar-refractivity contribution in [2.24, 2.45) is 5.41 Å². The maximum absolute atomic E-state index is 12.6. The van der Waals surface area contributed by atoms with E-state index in [1.54, 1.807) is 0 Å². The number of nitrogens with one attached hydrogen (secondary N) is 1. The summed E-state index contributed by atoms with van der Waals surface area (Å²) in [5, 5.41) is 3.29. The number of carbonyl (C=O) groups excluding carboxylic acids is 1. The molecular weight excluding hydrogens is 252 g/mol. The van der Waals surface area contributed by atoms with E-state index in [-0.39, 0.29) is 35.4 Å². The molecule has 2 heterocycles. The third-order valence-corrected chi connectivity index (χ3v) is 3.74. The monoisotopic (exact) mass is 276 g/mol. The molecule has 4 nitrogen and oxygen atoms in total. The second-order valence-corrected chi connectivity index (χ2v) is 6.36. The van der Waals surface area contributed by atoms with Gasteiger partial charge < -0.3 is 15.0 Å². The quantitative estimate of drug-likeness (QED) is 0.788. The molecule has 0 saturated carbocycles. The Morgan fingerprint density at radius 2 is 2.06 bits per heavy atom. The predicted molar refractivity (Wildman–Crippen MR) is 74.0 cm³/mol. The summed E-state index contributed by atoms with van der Waals surface area (Å²) in [6.07, 6.45) is 1.07. The lowest BCUT2D eigenvalue weighted by atomic mass is 9.87. The van der Waals surface area contributed by atoms with Gasteiger partial charge in [0.05, 0.1) is 17.1 Å². The van der Waals surface area contributed by atoms with Crippen molar-refractivity contribution in [1.29, 1.82) is 0 Å². The van der Waals surface area contributed by atoms with Gasteiger partial charge in [-0.1, -0.05) is 0 Å². The molecule has 2 atom stereocenters. The highest BCUT2D eigenvalue weighted by Crippen LogP contribution is 2.30. The van der Waals surface area contributed by atoms with Crippen LogP contribution in [-0.2, 0) is 9.53 Å². The summed E-state index contributed by atoms with van der Waals surface area (Å²) < 4.78 is 5.84. The summed E-state index contributed by atoms with van der Waals surface area (Å²) in [6, 6.07) is 0. The number of carbonyl (C=O) groups is 1. The van der Waals surface area contributed by atoms with Crippen molar-refractivity contribution in [2.75, 3.05) is 26.2 Å². The van der Waals surface area contributed by atoms with Crippen molar-refractivity contribution in [1.82, 2.24) is 10.2 Å². The van der Waals surface area contributed by atoms with Gasteiger partial charge in [0.15, 0.2) is 0 Å². The molecule has 0 aliphatic carbocycles. The van der Waals surface area contributed by atoms with E-state index in [2.05, 4.69) is 26.1 Å². The van der Waals surface area contributed by atoms with Crippen LogP contribution in [0.25, 0.3) is 0 Å². The molecule has 2 saturated heterocycles. The van der Waals surface area contributed by atoms with E-state index in [1.807, 2.05) is 11.8 Å². The molecule has 1 amide bonds. The molecule has 5 heteroatoms. The average Bonchev–Trinajstić information content (AvgIpc) is 2.62. The molecule has 0 aromatic carbocycles. The smallest absolute Gasteiger partial charge is 0.230 e. The van der Waals surface area contributed by atoms with Gasteiger partial charge in [-0.05, 0) is 40.7 Å². The molecule has 2 unspecified atom stereocenters. The van der Waals surface area contributed by atoms with E-state index in [0.29, 0.717) is 6.54 Å². The minimum Gasteiger partial charge on any atom is -0.369 e. The van der Waals surface area contributed by atoms with Gasteiger partial charge in [0.25, 0.3) is 0 Å². The lowest BCUT2D eigenvalue weighted by molar-refractivity contribution is -0.165. The van der Waals surface area contributed by atoms with Crippen LogP contribution in [0.15, 0.2) is 0 Å². The fourth-order valence-electron chi connectivity index (χ4n) is 2.99. The number of amides is 1. The summed E-state index contributed by atoms with van der Waals surface area (Å²) in [5.41, 5.74) is -0.442. The molecule has 2 fully saturated rings. The zero-order valence-electron chi connectivity index (χ0n) is 11.8. The van der Waals surface area contributed by atoms with Gasteiger partial charge >= 0.3 is 0 Å². The van der Waals surface area contributed by atoms with Crippen LogP contribution in [0, 0.1) is 5.41 Å². The number of nitrogens with zero attached hydrogens (tertiary/aromatic N) is 1. The van der Waals surface area contributed by atoms with Gasteiger partial charge in [-0.25, -0.2) is 0 Å². The summed E-state index contributed by atoms with van der Waals surface area (Å²) in [4.78, 5) is 14.6. The number of rotatable bonds is 1. The molecule has 0 bridgehead atoms. The van der Waals surface area contributed by atoms with Crippen molar-refractivity contribution in [2.45, 2.75) is 45.8 Å². The van der Waals surface area contributed by atoms with E-state index in [0.717, 1.165) is 26.1 Å². The van der Waals surface area contributed by atoms with Gasteiger partial charge in [0, 0.05) is 19.6 Å². The molecule has 2 rings (SSSR count). The van der Waals surface area contributed by atoms with Crippen LogP contribution >= 0.6 is 12.4 Å². The lowest BCUT2D eigenvalue weighted by Gasteiger charge is -2.44. The molecule has 2 aliphatic rings. The first kappa shape index (κ1) is 15.7. The second-order valence-electron chi connectivity index (χ2n) is 6.36. The van der Waals surface area contributed by atoms with E-state index < -0.39 is 0 Å². The minimum absolute atomic E-state index is 0. The Bertz CT molecular complexity index is 314. The first-order chi connectivity index (χ1) is 7.82. The zero-order valence-corrected chi connectivity index (χ0v) is 12.6. The number of hydrogen-bond acceptors (Lipinski definition) is 3. The van der Waals surface area contributed by atoms with Gasteiger partial charge in [0.1, 0.15) is 0 Å². The second kappa shape index (κ2) is 5.35. The molecule has 18 heavy (non-hydrogen) atoms. The maximum atomic E-state index is 12.6. The van der Waals surface area contributed by atoms with Crippen LogP contribution in [0.3, 0.4) is 0 Å². The van der Waals surface area contributed by atoms with Crippen LogP contribution in [0.4, 0.5) is 0 Å². The average molecular weight is 277 g/mol. The largest absolute Gasteiger partial charge is 0.369 e. The Kier molecular flexibility index (Phi) is 4.68. The van der Waals surface area contributed by atoms with Crippen molar-refractivity contribution in [3.8, 4) is 0 Å². The number of hydrogen-bond donors (Lipinski definition) is 1. The summed E-state index contributed by atoms with van der Waals surface area (Å²) in [6.45, 7) is 11.4. The first-order valence-corrected chi connectivity index (χ1v) is 6.50. The van der Waals surface area contributed by atoms with Crippen molar-refractivity contribution < 1.29 is 9.53 Å². The van der Waals surface area contributed by atoms with Gasteiger partial charge in [-0.15, -0.1) is 12.4 Å². The molecule has 2 aliphatic heterocycles. The highest BCUT2D eigenvalue weighted by molar-refractivity contribution is 5.85. The Balaban J connectivity index is 0.00000162. The molecule has 0 aromatic heterocycles. The molecule has 0 spiro atoms. The van der Waals surface area contributed by atoms with Crippen molar-refractivity contribution in [3.05, 3.63) is 0 Å². The molecule has 1 N–H and O–H groups in total. The Hall–Kier alpha value is -0.320. The van der Waals surface area contributed by atoms with Crippen LogP contribution in [-0.4, -0.2) is 48.7 Å². The molecular formula is C13H25ClN2O2. The fraction of sp³-hybridized carbons (Fsp3) is 0.923. The first-order valence-electron chi connectivity index (χ1n) is 6.50. The maximum Gasteiger partial charge on any atom is 0.230 e. The molecule has 0 aromatic rings. The van der Waals surface area contributed by atoms with E-state index in [9.17, 15) is 4.79 Å². The third-order valence-electron chi connectivity index (χ3n) is 3.74. The summed E-state index contributed by atoms with van der Waals surface area (Å²) in [7, 11) is 0. The highest BCUT2D eigenvalue weighted by Gasteiger charge is 2.43. The minimum atomic E-state index is -0.226. The van der Waals surface area contributed by atoms with E-state index in [4.69, 9.17) is 4.74 Å². The number of ether oxygens (including phenoxy) is 1. The zero-order chi connectivity index (χ0) is 12.7. The van der Waals surface area contributed by atoms with Gasteiger partial charge in [-0.3, -0.25) is 4.79 Å². The van der Waals surface area contributed by atoms with Crippen LogP contribution < -0.4 is 5.32 Å². The SMILES string of the molecule is CC1CN(C(=O)C2(C)CCNC2)CC(C)(C)O1.Cl. The van der Waals surface area contributed by atoms with Crippen LogP contribution in [0.2, 0.25) is 0 Å². The highest BCUT2D eigenvalue weighted by atomic mass is 35.5. The Morgan fingerprint density at radius 1 is 1.39 bits per heavy atom. The summed E-state index contributed by atoms with van der Waals surface area (Å²) >= 11 is 0.